The van der Waals surface area contributed by atoms with Gasteiger partial charge in [0.25, 0.3) is 0 Å². The highest BCUT2D eigenvalue weighted by atomic mass is 16.7. The van der Waals surface area contributed by atoms with Crippen molar-refractivity contribution in [1.29, 1.82) is 0 Å². The Morgan fingerprint density at radius 2 is 0.606 bits per heavy atom. The molecule has 0 spiro atoms. The van der Waals surface area contributed by atoms with Crippen LogP contribution < -0.4 is 0 Å². The highest BCUT2D eigenvalue weighted by Gasteiger charge is 2.03. The molecule has 0 rings (SSSR count). The topological polar surface area (TPSA) is 35.5 Å². The monoisotopic (exact) mass is 466 g/mol. The number of hydrogen-bond acceptors (Lipinski definition) is 3. The predicted molar refractivity (Wildman–Crippen MR) is 143 cm³/mol. The van der Waals surface area contributed by atoms with Crippen LogP contribution in [0.4, 0.5) is 4.79 Å². The summed E-state index contributed by atoms with van der Waals surface area (Å²) < 4.78 is 10.4. The van der Waals surface area contributed by atoms with Crippen LogP contribution in [0.5, 0.6) is 0 Å². The molecule has 0 bridgehead atoms. The Balaban J connectivity index is 0. The number of ether oxygens (including phenoxy) is 2. The van der Waals surface area contributed by atoms with Gasteiger partial charge in [-0.25, -0.2) is 4.79 Å². The van der Waals surface area contributed by atoms with Crippen LogP contribution in [0.25, 0.3) is 0 Å². The maximum absolute atomic E-state index is 11.6. The number of carbonyl (C=O) groups excluding carboxylic acids is 1. The second-order valence-corrected chi connectivity index (χ2v) is 9.73. The highest BCUT2D eigenvalue weighted by molar-refractivity contribution is 5.59. The van der Waals surface area contributed by atoms with Crippen molar-refractivity contribution in [3.63, 3.8) is 0 Å². The first-order valence-electron chi connectivity index (χ1n) is 14.6. The summed E-state index contributed by atoms with van der Waals surface area (Å²) in [5, 5.41) is 0. The molecule has 0 unspecified atom stereocenters. The number of carbonyl (C=O) groups is 1. The summed E-state index contributed by atoms with van der Waals surface area (Å²) in [5.41, 5.74) is 0. The second-order valence-electron chi connectivity index (χ2n) is 9.73. The zero-order valence-electron chi connectivity index (χ0n) is 22.6. The lowest BCUT2D eigenvalue weighted by Crippen LogP contribution is -2.09. The summed E-state index contributed by atoms with van der Waals surface area (Å²) in [4.78, 5) is 11.6. The van der Waals surface area contributed by atoms with E-state index in [0.29, 0.717) is 13.2 Å². The lowest BCUT2D eigenvalue weighted by molar-refractivity contribution is 0.0529. The Morgan fingerprint density at radius 3 is 0.848 bits per heavy atom. The minimum Gasteiger partial charge on any atom is -0.434 e. The molecule has 3 heteroatoms. The molecule has 196 valence electrons. The van der Waals surface area contributed by atoms with Crippen LogP contribution in [0.3, 0.4) is 0 Å². The van der Waals surface area contributed by atoms with Crippen LogP contribution in [-0.2, 0) is 9.47 Å². The summed E-state index contributed by atoms with van der Waals surface area (Å²) in [5.74, 6) is 0. The Labute approximate surface area is 209 Å². The first-order valence-corrected chi connectivity index (χ1v) is 14.6. The van der Waals surface area contributed by atoms with Crippen LogP contribution >= 0.6 is 0 Å². The molecule has 0 fully saturated rings. The van der Waals surface area contributed by atoms with E-state index in [0.717, 1.165) is 25.7 Å². The van der Waals surface area contributed by atoms with E-state index in [1.54, 1.807) is 0 Å². The molecule has 0 aliphatic rings. The summed E-state index contributed by atoms with van der Waals surface area (Å²) in [6.07, 6.45) is 31.1. The average Bonchev–Trinajstić information content (AvgIpc) is 2.80. The normalized spacial score (nSPS) is 10.7. The van der Waals surface area contributed by atoms with Crippen molar-refractivity contribution >= 4 is 6.16 Å². The maximum Gasteiger partial charge on any atom is 0.508 e. The summed E-state index contributed by atoms with van der Waals surface area (Å²) in [6.45, 7) is 5.56. The van der Waals surface area contributed by atoms with Gasteiger partial charge in [0.05, 0.1) is 13.2 Å². The Bertz CT molecular complexity index is 324. The molecule has 0 N–H and O–H groups in total. The van der Waals surface area contributed by atoms with Gasteiger partial charge in [0.2, 0.25) is 0 Å². The van der Waals surface area contributed by atoms with E-state index in [9.17, 15) is 4.79 Å². The first kappa shape index (κ1) is 34.4. The number of rotatable bonds is 26. The fraction of sp³-hybridized carbons (Fsp3) is 0.933. The molecular formula is C30H58O3. The van der Waals surface area contributed by atoms with Crippen molar-refractivity contribution in [3.8, 4) is 0 Å². The van der Waals surface area contributed by atoms with Crippen LogP contribution in [0.2, 0.25) is 0 Å². The first-order chi connectivity index (χ1) is 15.8. The van der Waals surface area contributed by atoms with Crippen molar-refractivity contribution in [2.45, 2.75) is 168 Å². The van der Waals surface area contributed by atoms with E-state index < -0.39 is 6.16 Å². The van der Waals surface area contributed by atoms with Gasteiger partial charge < -0.3 is 9.47 Å². The van der Waals surface area contributed by atoms with Crippen molar-refractivity contribution in [2.24, 2.45) is 0 Å². The minimum atomic E-state index is -0.476. The standard InChI is InChI=1S/C29H58O3.C/c1-3-5-7-9-11-13-15-17-19-21-23-25-27-31-29(30)32-28-26-24-22-20-18-16-14-12-10-8-6-4-2;/h3-28H2,1-2H3;. The van der Waals surface area contributed by atoms with E-state index in [2.05, 4.69) is 13.8 Å². The average molecular weight is 467 g/mol. The Hall–Kier alpha value is -0.730. The zero-order chi connectivity index (χ0) is 23.4. The molecule has 0 aliphatic carbocycles. The molecule has 0 aromatic rings. The van der Waals surface area contributed by atoms with Crippen molar-refractivity contribution < 1.29 is 14.3 Å². The van der Waals surface area contributed by atoms with Gasteiger partial charge in [0.15, 0.2) is 0 Å². The van der Waals surface area contributed by atoms with Gasteiger partial charge in [0.1, 0.15) is 0 Å². The number of hydrogen-bond donors (Lipinski definition) is 0. The van der Waals surface area contributed by atoms with Crippen LogP contribution in [0, 0.1) is 7.43 Å². The Kier molecular flexibility index (Phi) is 32.6. The third kappa shape index (κ3) is 31.3. The minimum absolute atomic E-state index is 0. The molecule has 4 radical (unpaired) electrons. The lowest BCUT2D eigenvalue weighted by Gasteiger charge is -2.07. The molecular weight excluding hydrogens is 408 g/mol. The van der Waals surface area contributed by atoms with Gasteiger partial charge in [-0.05, 0) is 12.8 Å². The van der Waals surface area contributed by atoms with E-state index in [1.807, 2.05) is 0 Å². The fourth-order valence-electron chi connectivity index (χ4n) is 4.24. The highest BCUT2D eigenvalue weighted by Crippen LogP contribution is 2.13. The Morgan fingerprint density at radius 1 is 0.394 bits per heavy atom. The maximum atomic E-state index is 11.6. The van der Waals surface area contributed by atoms with Gasteiger partial charge >= 0.3 is 6.16 Å². The predicted octanol–water partition coefficient (Wildman–Crippen LogP) is 10.6. The third-order valence-corrected chi connectivity index (χ3v) is 6.44. The van der Waals surface area contributed by atoms with E-state index in [1.165, 1.54) is 128 Å². The molecule has 0 heterocycles. The fourth-order valence-corrected chi connectivity index (χ4v) is 4.24. The molecule has 3 nitrogen and oxygen atoms in total. The van der Waals surface area contributed by atoms with Gasteiger partial charge in [0, 0.05) is 7.43 Å². The van der Waals surface area contributed by atoms with Gasteiger partial charge in [-0.15, -0.1) is 0 Å². The molecule has 33 heavy (non-hydrogen) atoms. The quantitative estimate of drug-likeness (QED) is 0.0939. The SMILES string of the molecule is CCCCCCCCCCCCCCOC(=O)OCCCCCCCCCCCCCC.[C]. The van der Waals surface area contributed by atoms with Crippen LogP contribution in [0.1, 0.15) is 168 Å². The molecule has 0 amide bonds. The molecule has 0 saturated heterocycles. The molecule has 0 atom stereocenters. The smallest absolute Gasteiger partial charge is 0.434 e. The van der Waals surface area contributed by atoms with Crippen LogP contribution in [0.15, 0.2) is 0 Å². The molecule has 0 aromatic heterocycles. The largest absolute Gasteiger partial charge is 0.508 e. The lowest BCUT2D eigenvalue weighted by atomic mass is 10.1. The molecule has 0 aliphatic heterocycles. The molecule has 0 saturated carbocycles. The van der Waals surface area contributed by atoms with Crippen molar-refractivity contribution in [2.75, 3.05) is 13.2 Å². The molecule has 0 aromatic carbocycles. The van der Waals surface area contributed by atoms with E-state index >= 15 is 0 Å². The van der Waals surface area contributed by atoms with E-state index in [4.69, 9.17) is 9.47 Å². The van der Waals surface area contributed by atoms with Gasteiger partial charge in [-0.2, -0.15) is 0 Å². The summed E-state index contributed by atoms with van der Waals surface area (Å²) in [7, 11) is 0. The van der Waals surface area contributed by atoms with Crippen LogP contribution in [-0.4, -0.2) is 19.4 Å². The van der Waals surface area contributed by atoms with Crippen molar-refractivity contribution in [1.82, 2.24) is 0 Å². The number of unbranched alkanes of at least 4 members (excludes halogenated alkanes) is 22. The summed E-state index contributed by atoms with van der Waals surface area (Å²) >= 11 is 0. The summed E-state index contributed by atoms with van der Waals surface area (Å²) in [6, 6.07) is 0. The van der Waals surface area contributed by atoms with Gasteiger partial charge in [-0.1, -0.05) is 155 Å². The third-order valence-electron chi connectivity index (χ3n) is 6.44. The van der Waals surface area contributed by atoms with E-state index in [-0.39, 0.29) is 7.43 Å². The van der Waals surface area contributed by atoms with Crippen molar-refractivity contribution in [3.05, 3.63) is 7.43 Å². The second kappa shape index (κ2) is 31.3. The van der Waals surface area contributed by atoms with Gasteiger partial charge in [-0.3, -0.25) is 0 Å². The zero-order valence-corrected chi connectivity index (χ0v) is 22.6.